The van der Waals surface area contributed by atoms with Gasteiger partial charge in [0.2, 0.25) is 0 Å². The van der Waals surface area contributed by atoms with Gasteiger partial charge in [-0.1, -0.05) is 25.5 Å². The van der Waals surface area contributed by atoms with Crippen molar-refractivity contribution in [1.29, 1.82) is 0 Å². The molecule has 180 valence electrons. The fourth-order valence-corrected chi connectivity index (χ4v) is 5.18. The molecule has 3 aromatic rings. The number of unbranched alkanes of at least 4 members (excludes halogenated alkanes) is 1. The number of fused-ring (bicyclic) bond motifs is 1. The van der Waals surface area contributed by atoms with Crippen molar-refractivity contribution in [2.75, 3.05) is 11.5 Å². The molecule has 0 unspecified atom stereocenters. The van der Waals surface area contributed by atoms with E-state index in [4.69, 9.17) is 9.47 Å². The zero-order chi connectivity index (χ0) is 24.5. The number of hydrogen-bond acceptors (Lipinski definition) is 7. The predicted molar refractivity (Wildman–Crippen MR) is 134 cm³/mol. The van der Waals surface area contributed by atoms with E-state index < -0.39 is 17.7 Å². The highest BCUT2D eigenvalue weighted by Gasteiger charge is 2.48. The van der Waals surface area contributed by atoms with Crippen molar-refractivity contribution in [3.8, 4) is 11.5 Å². The van der Waals surface area contributed by atoms with Crippen LogP contribution < -0.4 is 14.4 Å². The number of ether oxygens (including phenoxy) is 2. The lowest BCUT2D eigenvalue weighted by Crippen LogP contribution is -2.29. The first-order chi connectivity index (χ1) is 17.0. The number of carbonyl (C=O) groups is 2. The standard InChI is InChI=1S/C27H26N2O5S/c1-3-4-11-33-20-7-5-6-17(15-20)23-22(25(31)26(32)29(23)27-28-10-12-35-27)24(30)18-8-9-21-19(14-18)13-16(2)34-21/h5-10,12,14-16,23,30H,3-4,11,13H2,1-2H3/t16-,23+/m0/s1. The fourth-order valence-electron chi connectivity index (χ4n) is 4.51. The highest BCUT2D eigenvalue weighted by atomic mass is 32.1. The lowest BCUT2D eigenvalue weighted by molar-refractivity contribution is -0.132. The van der Waals surface area contributed by atoms with Gasteiger partial charge in [-0.3, -0.25) is 14.5 Å². The molecular formula is C27H26N2O5S. The molecule has 0 aliphatic carbocycles. The lowest BCUT2D eigenvalue weighted by atomic mass is 9.94. The monoisotopic (exact) mass is 490 g/mol. The van der Waals surface area contributed by atoms with E-state index >= 15 is 0 Å². The van der Waals surface area contributed by atoms with Gasteiger partial charge in [0.1, 0.15) is 23.4 Å². The number of rotatable bonds is 7. The SMILES string of the molecule is CCCCOc1cccc([C@@H]2C(=C(O)c3ccc4c(c3)C[C@H](C)O4)C(=O)C(=O)N2c2nccs2)c1. The van der Waals surface area contributed by atoms with Gasteiger partial charge >= 0.3 is 5.91 Å². The molecule has 0 spiro atoms. The third kappa shape index (κ3) is 4.30. The Balaban J connectivity index is 1.62. The maximum absolute atomic E-state index is 13.3. The van der Waals surface area contributed by atoms with Gasteiger partial charge in [0.15, 0.2) is 5.13 Å². The maximum Gasteiger partial charge on any atom is 0.301 e. The summed E-state index contributed by atoms with van der Waals surface area (Å²) in [5, 5.41) is 13.5. The topological polar surface area (TPSA) is 89.0 Å². The van der Waals surface area contributed by atoms with E-state index in [1.54, 1.807) is 23.7 Å². The first kappa shape index (κ1) is 23.1. The van der Waals surface area contributed by atoms with E-state index in [1.807, 2.05) is 37.3 Å². The van der Waals surface area contributed by atoms with Gasteiger partial charge < -0.3 is 14.6 Å². The number of benzene rings is 2. The molecule has 0 radical (unpaired) electrons. The minimum Gasteiger partial charge on any atom is -0.507 e. The summed E-state index contributed by atoms with van der Waals surface area (Å²) in [7, 11) is 0. The second kappa shape index (κ2) is 9.54. The molecule has 5 rings (SSSR count). The molecule has 1 aromatic heterocycles. The normalized spacial score (nSPS) is 20.7. The van der Waals surface area contributed by atoms with E-state index in [9.17, 15) is 14.7 Å². The van der Waals surface area contributed by atoms with E-state index in [-0.39, 0.29) is 17.4 Å². The van der Waals surface area contributed by atoms with Crippen molar-refractivity contribution in [2.24, 2.45) is 0 Å². The first-order valence-corrected chi connectivity index (χ1v) is 12.6. The van der Waals surface area contributed by atoms with E-state index in [0.29, 0.717) is 35.0 Å². The van der Waals surface area contributed by atoms with Crippen LogP contribution in [0.3, 0.4) is 0 Å². The van der Waals surface area contributed by atoms with Crippen LogP contribution in [0.1, 0.15) is 49.4 Å². The third-order valence-corrected chi connectivity index (χ3v) is 6.95. The number of aliphatic hydroxyl groups excluding tert-OH is 1. The highest BCUT2D eigenvalue weighted by Crippen LogP contribution is 2.44. The molecule has 3 heterocycles. The Labute approximate surface area is 207 Å². The molecule has 7 nitrogen and oxygen atoms in total. The summed E-state index contributed by atoms with van der Waals surface area (Å²) in [6, 6.07) is 11.8. The van der Waals surface area contributed by atoms with E-state index in [0.717, 1.165) is 24.2 Å². The molecule has 2 aliphatic heterocycles. The fraction of sp³-hybridized carbons (Fsp3) is 0.296. The van der Waals surface area contributed by atoms with Crippen LogP contribution in [0.15, 0.2) is 59.6 Å². The van der Waals surface area contributed by atoms with Crippen LogP contribution in [0.2, 0.25) is 0 Å². The van der Waals surface area contributed by atoms with Crippen molar-refractivity contribution in [1.82, 2.24) is 4.98 Å². The van der Waals surface area contributed by atoms with E-state index in [2.05, 4.69) is 11.9 Å². The minimum absolute atomic E-state index is 0.0304. The molecule has 1 N–H and O–H groups in total. The van der Waals surface area contributed by atoms with Gasteiger partial charge in [-0.05, 0) is 54.8 Å². The van der Waals surface area contributed by atoms with Crippen molar-refractivity contribution < 1.29 is 24.2 Å². The van der Waals surface area contributed by atoms with Crippen LogP contribution >= 0.6 is 11.3 Å². The zero-order valence-electron chi connectivity index (χ0n) is 19.6. The number of thiazole rings is 1. The molecule has 1 saturated heterocycles. The van der Waals surface area contributed by atoms with Gasteiger partial charge in [-0.25, -0.2) is 4.98 Å². The number of aromatic nitrogens is 1. The second-order valence-corrected chi connectivity index (χ2v) is 9.59. The summed E-state index contributed by atoms with van der Waals surface area (Å²) in [5.74, 6) is -0.269. The maximum atomic E-state index is 13.3. The summed E-state index contributed by atoms with van der Waals surface area (Å²) in [5.41, 5.74) is 2.12. The molecule has 1 fully saturated rings. The molecule has 2 atom stereocenters. The van der Waals surface area contributed by atoms with Crippen molar-refractivity contribution in [3.63, 3.8) is 0 Å². The molecule has 8 heteroatoms. The number of hydrogen-bond donors (Lipinski definition) is 1. The molecule has 1 amide bonds. The molecule has 35 heavy (non-hydrogen) atoms. The number of aliphatic hydroxyl groups is 1. The average Bonchev–Trinajstić information content (AvgIpc) is 3.57. The Bertz CT molecular complexity index is 1300. The number of ketones is 1. The van der Waals surface area contributed by atoms with Crippen LogP contribution in [0.5, 0.6) is 11.5 Å². The number of amides is 1. The van der Waals surface area contributed by atoms with Gasteiger partial charge in [0.05, 0.1) is 18.2 Å². The van der Waals surface area contributed by atoms with Crippen LogP contribution in [0.4, 0.5) is 5.13 Å². The van der Waals surface area contributed by atoms with Gasteiger partial charge in [-0.15, -0.1) is 11.3 Å². The highest BCUT2D eigenvalue weighted by molar-refractivity contribution is 7.14. The zero-order valence-corrected chi connectivity index (χ0v) is 20.4. The number of anilines is 1. The lowest BCUT2D eigenvalue weighted by Gasteiger charge is -2.23. The Morgan fingerprint density at radius 2 is 2.11 bits per heavy atom. The Kier molecular flexibility index (Phi) is 6.30. The smallest absolute Gasteiger partial charge is 0.301 e. The van der Waals surface area contributed by atoms with Crippen LogP contribution in [0.25, 0.3) is 5.76 Å². The summed E-state index contributed by atoms with van der Waals surface area (Å²) in [6.45, 7) is 4.64. The quantitative estimate of drug-likeness (QED) is 0.210. The second-order valence-electron chi connectivity index (χ2n) is 8.71. The number of carbonyl (C=O) groups excluding carboxylic acids is 2. The van der Waals surface area contributed by atoms with Gasteiger partial charge in [-0.2, -0.15) is 0 Å². The summed E-state index contributed by atoms with van der Waals surface area (Å²) in [6.07, 6.45) is 4.28. The minimum atomic E-state index is -0.834. The predicted octanol–water partition coefficient (Wildman–Crippen LogP) is 5.27. The average molecular weight is 491 g/mol. The van der Waals surface area contributed by atoms with Crippen LogP contribution in [0, 0.1) is 0 Å². The molecular weight excluding hydrogens is 464 g/mol. The van der Waals surface area contributed by atoms with Gasteiger partial charge in [0, 0.05) is 23.6 Å². The summed E-state index contributed by atoms with van der Waals surface area (Å²) >= 11 is 1.26. The Morgan fingerprint density at radius 3 is 2.89 bits per heavy atom. The van der Waals surface area contributed by atoms with Crippen molar-refractivity contribution >= 4 is 33.9 Å². The van der Waals surface area contributed by atoms with Gasteiger partial charge in [0.25, 0.3) is 5.78 Å². The Hall–Kier alpha value is -3.65. The largest absolute Gasteiger partial charge is 0.507 e. The van der Waals surface area contributed by atoms with Crippen molar-refractivity contribution in [2.45, 2.75) is 45.3 Å². The molecule has 0 saturated carbocycles. The third-order valence-electron chi connectivity index (χ3n) is 6.18. The first-order valence-electron chi connectivity index (χ1n) is 11.7. The summed E-state index contributed by atoms with van der Waals surface area (Å²) < 4.78 is 11.6. The van der Waals surface area contributed by atoms with Crippen LogP contribution in [-0.4, -0.2) is 34.5 Å². The summed E-state index contributed by atoms with van der Waals surface area (Å²) in [4.78, 5) is 32.2. The van der Waals surface area contributed by atoms with Crippen molar-refractivity contribution in [3.05, 3.63) is 76.3 Å². The molecule has 0 bridgehead atoms. The van der Waals surface area contributed by atoms with E-state index in [1.165, 1.54) is 16.2 Å². The number of Topliss-reactive ketones (excluding diaryl/α,β-unsaturated/α-hetero) is 1. The number of nitrogens with zero attached hydrogens (tertiary/aromatic N) is 2. The van der Waals surface area contributed by atoms with Crippen LogP contribution in [-0.2, 0) is 16.0 Å². The molecule has 2 aromatic carbocycles. The molecule has 2 aliphatic rings. The Morgan fingerprint density at radius 1 is 1.26 bits per heavy atom.